The van der Waals surface area contributed by atoms with Crippen LogP contribution in [0, 0.1) is 11.3 Å². The molecule has 0 amide bonds. The molecule has 0 nitrogen and oxygen atoms in total. The van der Waals surface area contributed by atoms with Gasteiger partial charge in [0, 0.05) is 0 Å². The van der Waals surface area contributed by atoms with Gasteiger partial charge in [-0.1, -0.05) is 66.7 Å². The van der Waals surface area contributed by atoms with Crippen LogP contribution in [0.4, 0.5) is 0 Å². The highest BCUT2D eigenvalue weighted by Gasteiger charge is 2.23. The van der Waals surface area contributed by atoms with Crippen molar-refractivity contribution >= 4 is 0 Å². The lowest BCUT2D eigenvalue weighted by Gasteiger charge is -2.31. The fraction of sp³-hybridized carbons (Fsp3) is 1.00. The summed E-state index contributed by atoms with van der Waals surface area (Å²) in [5, 5.41) is 0. The molecule has 0 saturated carbocycles. The number of hydrogen-bond donors (Lipinski definition) is 0. The SMILES string of the molecule is CCCCCCC(C)(C)C(C)CC. The lowest BCUT2D eigenvalue weighted by atomic mass is 9.75. The molecular formula is C13H28. The molecule has 0 heterocycles. The molecule has 1 unspecified atom stereocenters. The molecule has 0 heteroatoms. The van der Waals surface area contributed by atoms with E-state index >= 15 is 0 Å². The number of hydrogen-bond acceptors (Lipinski definition) is 0. The first kappa shape index (κ1) is 13.0. The molecule has 0 rings (SSSR count). The molecule has 13 heavy (non-hydrogen) atoms. The highest BCUT2D eigenvalue weighted by Crippen LogP contribution is 2.34. The highest BCUT2D eigenvalue weighted by molar-refractivity contribution is 4.74. The van der Waals surface area contributed by atoms with E-state index in [0.717, 1.165) is 5.92 Å². The predicted molar refractivity (Wildman–Crippen MR) is 62.0 cm³/mol. The molecule has 0 aromatic rings. The van der Waals surface area contributed by atoms with Crippen LogP contribution in [-0.2, 0) is 0 Å². The molecule has 0 spiro atoms. The minimum Gasteiger partial charge on any atom is -0.0654 e. The van der Waals surface area contributed by atoms with Crippen molar-refractivity contribution in [3.63, 3.8) is 0 Å². The Labute approximate surface area is 85.1 Å². The van der Waals surface area contributed by atoms with Crippen molar-refractivity contribution in [3.05, 3.63) is 0 Å². The van der Waals surface area contributed by atoms with Crippen molar-refractivity contribution in [2.24, 2.45) is 11.3 Å². The Balaban J connectivity index is 3.62. The maximum atomic E-state index is 2.42. The molecule has 80 valence electrons. The van der Waals surface area contributed by atoms with E-state index in [4.69, 9.17) is 0 Å². The normalized spacial score (nSPS) is 14.5. The molecule has 0 aliphatic carbocycles. The fourth-order valence-electron chi connectivity index (χ4n) is 1.81. The van der Waals surface area contributed by atoms with Crippen molar-refractivity contribution in [2.75, 3.05) is 0 Å². The van der Waals surface area contributed by atoms with E-state index in [0.29, 0.717) is 5.41 Å². The topological polar surface area (TPSA) is 0 Å². The number of rotatable bonds is 7. The first-order valence-corrected chi connectivity index (χ1v) is 6.04. The fourth-order valence-corrected chi connectivity index (χ4v) is 1.81. The van der Waals surface area contributed by atoms with Gasteiger partial charge < -0.3 is 0 Å². The van der Waals surface area contributed by atoms with Crippen LogP contribution in [0.5, 0.6) is 0 Å². The molecule has 0 fully saturated rings. The van der Waals surface area contributed by atoms with Gasteiger partial charge >= 0.3 is 0 Å². The first-order valence-electron chi connectivity index (χ1n) is 6.04. The molecular weight excluding hydrogens is 156 g/mol. The zero-order valence-corrected chi connectivity index (χ0v) is 10.3. The van der Waals surface area contributed by atoms with E-state index in [1.165, 1.54) is 38.5 Å². The Morgan fingerprint density at radius 3 is 2.08 bits per heavy atom. The minimum absolute atomic E-state index is 0.558. The van der Waals surface area contributed by atoms with Crippen molar-refractivity contribution in [3.8, 4) is 0 Å². The summed E-state index contributed by atoms with van der Waals surface area (Å²) in [7, 11) is 0. The van der Waals surface area contributed by atoms with Crippen molar-refractivity contribution < 1.29 is 0 Å². The monoisotopic (exact) mass is 184 g/mol. The van der Waals surface area contributed by atoms with E-state index in [2.05, 4.69) is 34.6 Å². The van der Waals surface area contributed by atoms with E-state index in [1.807, 2.05) is 0 Å². The zero-order chi connectivity index (χ0) is 10.3. The zero-order valence-electron chi connectivity index (χ0n) is 10.3. The van der Waals surface area contributed by atoms with E-state index in [-0.39, 0.29) is 0 Å². The molecule has 0 aliphatic rings. The molecule has 1 atom stereocenters. The van der Waals surface area contributed by atoms with Gasteiger partial charge in [-0.3, -0.25) is 0 Å². The van der Waals surface area contributed by atoms with Gasteiger partial charge in [-0.15, -0.1) is 0 Å². The van der Waals surface area contributed by atoms with Crippen LogP contribution < -0.4 is 0 Å². The Morgan fingerprint density at radius 2 is 1.62 bits per heavy atom. The Bertz CT molecular complexity index is 113. The summed E-state index contributed by atoms with van der Waals surface area (Å²) in [5.41, 5.74) is 0.558. The molecule has 0 aliphatic heterocycles. The van der Waals surface area contributed by atoms with Crippen LogP contribution in [0.1, 0.15) is 73.1 Å². The summed E-state index contributed by atoms with van der Waals surface area (Å²) in [4.78, 5) is 0. The quantitative estimate of drug-likeness (QED) is 0.487. The summed E-state index contributed by atoms with van der Waals surface area (Å²) < 4.78 is 0. The summed E-state index contributed by atoms with van der Waals surface area (Å²) in [6.45, 7) is 11.8. The van der Waals surface area contributed by atoms with E-state index in [9.17, 15) is 0 Å². The lowest BCUT2D eigenvalue weighted by Crippen LogP contribution is -2.20. The standard InChI is InChI=1S/C13H28/c1-6-8-9-10-11-13(4,5)12(3)7-2/h12H,6-11H2,1-5H3. The second-order valence-corrected chi connectivity index (χ2v) is 5.11. The van der Waals surface area contributed by atoms with Crippen molar-refractivity contribution in [1.29, 1.82) is 0 Å². The maximum absolute atomic E-state index is 2.42. The van der Waals surface area contributed by atoms with Gasteiger partial charge in [0.25, 0.3) is 0 Å². The van der Waals surface area contributed by atoms with Crippen molar-refractivity contribution in [2.45, 2.75) is 73.1 Å². The molecule has 0 bridgehead atoms. The lowest BCUT2D eigenvalue weighted by molar-refractivity contribution is 0.199. The Morgan fingerprint density at radius 1 is 1.00 bits per heavy atom. The summed E-state index contributed by atoms with van der Waals surface area (Å²) >= 11 is 0. The molecule has 0 radical (unpaired) electrons. The van der Waals surface area contributed by atoms with Crippen LogP contribution >= 0.6 is 0 Å². The molecule has 0 N–H and O–H groups in total. The Hall–Kier alpha value is 0. The maximum Gasteiger partial charge on any atom is -0.0329 e. The van der Waals surface area contributed by atoms with Crippen LogP contribution in [0.25, 0.3) is 0 Å². The molecule has 0 aromatic carbocycles. The highest BCUT2D eigenvalue weighted by atomic mass is 14.3. The summed E-state index contributed by atoms with van der Waals surface area (Å²) in [5.74, 6) is 0.870. The van der Waals surface area contributed by atoms with Gasteiger partial charge in [0.1, 0.15) is 0 Å². The van der Waals surface area contributed by atoms with Crippen molar-refractivity contribution in [1.82, 2.24) is 0 Å². The second-order valence-electron chi connectivity index (χ2n) is 5.11. The largest absolute Gasteiger partial charge is 0.0654 e. The minimum atomic E-state index is 0.558. The average molecular weight is 184 g/mol. The van der Waals surface area contributed by atoms with E-state index in [1.54, 1.807) is 0 Å². The predicted octanol–water partition coefficient (Wildman–Crippen LogP) is 5.03. The van der Waals surface area contributed by atoms with Gasteiger partial charge in [-0.25, -0.2) is 0 Å². The third-order valence-corrected chi connectivity index (χ3v) is 3.62. The van der Waals surface area contributed by atoms with Crippen LogP contribution in [0.2, 0.25) is 0 Å². The van der Waals surface area contributed by atoms with E-state index < -0.39 is 0 Å². The molecule has 0 aromatic heterocycles. The van der Waals surface area contributed by atoms with Crippen LogP contribution in [-0.4, -0.2) is 0 Å². The Kier molecular flexibility index (Phi) is 6.45. The van der Waals surface area contributed by atoms with Gasteiger partial charge in [0.2, 0.25) is 0 Å². The third kappa shape index (κ3) is 5.33. The van der Waals surface area contributed by atoms with Gasteiger partial charge in [0.05, 0.1) is 0 Å². The summed E-state index contributed by atoms with van der Waals surface area (Å²) in [6.07, 6.45) is 8.34. The smallest absolute Gasteiger partial charge is 0.0329 e. The van der Waals surface area contributed by atoms with Gasteiger partial charge in [-0.2, -0.15) is 0 Å². The summed E-state index contributed by atoms with van der Waals surface area (Å²) in [6, 6.07) is 0. The average Bonchev–Trinajstić information content (AvgIpc) is 2.11. The second kappa shape index (κ2) is 6.45. The van der Waals surface area contributed by atoms with Gasteiger partial charge in [0.15, 0.2) is 0 Å². The molecule has 0 saturated heterocycles. The van der Waals surface area contributed by atoms with Crippen LogP contribution in [0.15, 0.2) is 0 Å². The third-order valence-electron chi connectivity index (χ3n) is 3.62. The number of unbranched alkanes of at least 4 members (excludes halogenated alkanes) is 3. The van der Waals surface area contributed by atoms with Crippen LogP contribution in [0.3, 0.4) is 0 Å². The van der Waals surface area contributed by atoms with Gasteiger partial charge in [-0.05, 0) is 17.8 Å². The first-order chi connectivity index (χ1) is 6.04.